The highest BCUT2D eigenvalue weighted by atomic mass is 32.2. The SMILES string of the molecule is CNC[C@@H]1Oc2cc(C#Cc3ccccc3F)ccc2S(=O)(=O)N([C@@H](C)CO)C[C@H]1C. The first-order valence-electron chi connectivity index (χ1n) is 10.1. The van der Waals surface area contributed by atoms with Gasteiger partial charge in [0.2, 0.25) is 10.0 Å². The van der Waals surface area contributed by atoms with E-state index in [-0.39, 0.29) is 41.4 Å². The number of benzene rings is 2. The molecule has 8 heteroatoms. The quantitative estimate of drug-likeness (QED) is 0.704. The van der Waals surface area contributed by atoms with Gasteiger partial charge in [-0.3, -0.25) is 0 Å². The zero-order valence-corrected chi connectivity index (χ0v) is 18.6. The van der Waals surface area contributed by atoms with Gasteiger partial charge < -0.3 is 15.2 Å². The Morgan fingerprint density at radius 1 is 1.29 bits per heavy atom. The Kier molecular flexibility index (Phi) is 7.34. The predicted molar refractivity (Wildman–Crippen MR) is 117 cm³/mol. The highest BCUT2D eigenvalue weighted by Crippen LogP contribution is 2.33. The van der Waals surface area contributed by atoms with Crippen molar-refractivity contribution in [2.24, 2.45) is 5.92 Å². The van der Waals surface area contributed by atoms with E-state index in [4.69, 9.17) is 4.74 Å². The Labute approximate surface area is 183 Å². The summed E-state index contributed by atoms with van der Waals surface area (Å²) >= 11 is 0. The minimum Gasteiger partial charge on any atom is -0.487 e. The fourth-order valence-electron chi connectivity index (χ4n) is 3.45. The number of halogens is 1. The van der Waals surface area contributed by atoms with Gasteiger partial charge in [0.1, 0.15) is 22.6 Å². The van der Waals surface area contributed by atoms with Crippen molar-refractivity contribution in [1.29, 1.82) is 0 Å². The molecule has 2 N–H and O–H groups in total. The highest BCUT2D eigenvalue weighted by molar-refractivity contribution is 7.89. The molecule has 0 unspecified atom stereocenters. The number of hydrogen-bond donors (Lipinski definition) is 2. The molecule has 0 aromatic heterocycles. The van der Waals surface area contributed by atoms with Crippen LogP contribution in [0.4, 0.5) is 4.39 Å². The molecule has 0 amide bonds. The van der Waals surface area contributed by atoms with Crippen molar-refractivity contribution in [1.82, 2.24) is 9.62 Å². The van der Waals surface area contributed by atoms with Gasteiger partial charge in [0.05, 0.1) is 12.2 Å². The van der Waals surface area contributed by atoms with Crippen molar-refractivity contribution in [2.75, 3.05) is 26.7 Å². The molecular formula is C23H27FN2O4S. The maximum absolute atomic E-state index is 13.9. The van der Waals surface area contributed by atoms with Crippen molar-refractivity contribution in [3.05, 3.63) is 59.4 Å². The summed E-state index contributed by atoms with van der Waals surface area (Å²) in [6, 6.07) is 10.2. The number of ether oxygens (including phenoxy) is 1. The van der Waals surface area contributed by atoms with Gasteiger partial charge in [-0.1, -0.05) is 30.9 Å². The van der Waals surface area contributed by atoms with E-state index in [9.17, 15) is 17.9 Å². The normalized spacial score (nSPS) is 21.6. The first-order valence-corrected chi connectivity index (χ1v) is 11.6. The maximum atomic E-state index is 13.9. The van der Waals surface area contributed by atoms with E-state index in [2.05, 4.69) is 17.2 Å². The van der Waals surface area contributed by atoms with Crippen molar-refractivity contribution >= 4 is 10.0 Å². The maximum Gasteiger partial charge on any atom is 0.247 e. The standard InChI is InChI=1S/C23H27FN2O4S/c1-16-14-26(17(2)15-27)31(28,29)23-11-9-18(12-21(23)30-22(16)13-25-3)8-10-19-6-4-5-7-20(19)24/h4-7,9,11-12,16-17,22,25,27H,13-15H2,1-3H3/t16-,17+,22+/m1/s1. The summed E-state index contributed by atoms with van der Waals surface area (Å²) in [6.07, 6.45) is -0.289. The van der Waals surface area contributed by atoms with Crippen LogP contribution >= 0.6 is 0 Å². The summed E-state index contributed by atoms with van der Waals surface area (Å²) in [4.78, 5) is 0.0252. The Morgan fingerprint density at radius 3 is 2.71 bits per heavy atom. The number of nitrogens with zero attached hydrogens (tertiary/aromatic N) is 1. The first kappa shape index (κ1) is 23.2. The van der Waals surface area contributed by atoms with Gasteiger partial charge in [0, 0.05) is 30.6 Å². The molecule has 0 bridgehead atoms. The average molecular weight is 447 g/mol. The molecule has 0 aliphatic carbocycles. The largest absolute Gasteiger partial charge is 0.487 e. The van der Waals surface area contributed by atoms with Gasteiger partial charge in [-0.05, 0) is 44.3 Å². The number of rotatable bonds is 4. The lowest BCUT2D eigenvalue weighted by Gasteiger charge is -2.36. The van der Waals surface area contributed by atoms with E-state index in [1.54, 1.807) is 44.3 Å². The van der Waals surface area contributed by atoms with Crippen molar-refractivity contribution in [2.45, 2.75) is 30.9 Å². The molecule has 0 spiro atoms. The second-order valence-corrected chi connectivity index (χ2v) is 9.55. The molecule has 1 heterocycles. The van der Waals surface area contributed by atoms with Crippen LogP contribution in [0.15, 0.2) is 47.4 Å². The molecule has 0 saturated carbocycles. The minimum absolute atomic E-state index is 0.0252. The van der Waals surface area contributed by atoms with Crippen LogP contribution in [0.5, 0.6) is 5.75 Å². The summed E-state index contributed by atoms with van der Waals surface area (Å²) in [5, 5.41) is 12.7. The topological polar surface area (TPSA) is 78.9 Å². The van der Waals surface area contributed by atoms with Gasteiger partial charge in [0.25, 0.3) is 0 Å². The summed E-state index contributed by atoms with van der Waals surface area (Å²) in [6.45, 7) is 4.05. The molecule has 2 aromatic carbocycles. The molecule has 0 radical (unpaired) electrons. The molecule has 3 rings (SSSR count). The molecule has 6 nitrogen and oxygen atoms in total. The lowest BCUT2D eigenvalue weighted by molar-refractivity contribution is 0.103. The summed E-state index contributed by atoms with van der Waals surface area (Å²) in [5.41, 5.74) is 0.766. The zero-order chi connectivity index (χ0) is 22.6. The third kappa shape index (κ3) is 5.08. The van der Waals surface area contributed by atoms with Gasteiger partial charge in [0.15, 0.2) is 0 Å². The van der Waals surface area contributed by atoms with Crippen LogP contribution in [-0.2, 0) is 10.0 Å². The number of nitrogens with one attached hydrogen (secondary N) is 1. The lowest BCUT2D eigenvalue weighted by atomic mass is 10.0. The number of aliphatic hydroxyl groups is 1. The molecule has 1 aliphatic rings. The third-order valence-corrected chi connectivity index (χ3v) is 7.31. The molecule has 0 saturated heterocycles. The van der Waals surface area contributed by atoms with Crippen LogP contribution in [0.1, 0.15) is 25.0 Å². The minimum atomic E-state index is -3.90. The lowest BCUT2D eigenvalue weighted by Crippen LogP contribution is -2.49. The van der Waals surface area contributed by atoms with Gasteiger partial charge >= 0.3 is 0 Å². The second kappa shape index (κ2) is 9.79. The monoisotopic (exact) mass is 446 g/mol. The van der Waals surface area contributed by atoms with Gasteiger partial charge in [-0.25, -0.2) is 12.8 Å². The molecule has 166 valence electrons. The average Bonchev–Trinajstić information content (AvgIpc) is 2.75. The third-order valence-electron chi connectivity index (χ3n) is 5.29. The van der Waals surface area contributed by atoms with Crippen molar-refractivity contribution < 1.29 is 22.7 Å². The Morgan fingerprint density at radius 2 is 2.03 bits per heavy atom. The molecule has 31 heavy (non-hydrogen) atoms. The van der Waals surface area contributed by atoms with Crippen LogP contribution < -0.4 is 10.1 Å². The van der Waals surface area contributed by atoms with Crippen LogP contribution in [0.3, 0.4) is 0 Å². The van der Waals surface area contributed by atoms with E-state index in [0.717, 1.165) is 0 Å². The predicted octanol–water partition coefficient (Wildman–Crippen LogP) is 2.21. The van der Waals surface area contributed by atoms with Crippen LogP contribution in [0.2, 0.25) is 0 Å². The Balaban J connectivity index is 2.08. The smallest absolute Gasteiger partial charge is 0.247 e. The van der Waals surface area contributed by atoms with Crippen LogP contribution in [-0.4, -0.2) is 56.7 Å². The fourth-order valence-corrected chi connectivity index (χ4v) is 5.28. The highest BCUT2D eigenvalue weighted by Gasteiger charge is 2.37. The summed E-state index contributed by atoms with van der Waals surface area (Å²) in [7, 11) is -2.09. The molecular weight excluding hydrogens is 419 g/mol. The summed E-state index contributed by atoms with van der Waals surface area (Å²) < 4.78 is 48.0. The van der Waals surface area contributed by atoms with Crippen LogP contribution in [0, 0.1) is 23.6 Å². The van der Waals surface area contributed by atoms with Gasteiger partial charge in [-0.2, -0.15) is 4.31 Å². The van der Waals surface area contributed by atoms with Crippen LogP contribution in [0.25, 0.3) is 0 Å². The number of likely N-dealkylation sites (N-methyl/N-ethyl adjacent to an activating group) is 1. The van der Waals surface area contributed by atoms with Crippen molar-refractivity contribution in [3.8, 4) is 17.6 Å². The Hall–Kier alpha value is -2.44. The molecule has 3 atom stereocenters. The Bertz CT molecular complexity index is 1090. The van der Waals surface area contributed by atoms with Crippen molar-refractivity contribution in [3.63, 3.8) is 0 Å². The number of fused-ring (bicyclic) bond motifs is 1. The van der Waals surface area contributed by atoms with E-state index in [1.807, 2.05) is 6.92 Å². The molecule has 1 aliphatic heterocycles. The fraction of sp³-hybridized carbons (Fsp3) is 0.391. The number of sulfonamides is 1. The second-order valence-electron chi connectivity index (χ2n) is 7.69. The molecule has 0 fully saturated rings. The number of hydrogen-bond acceptors (Lipinski definition) is 5. The van der Waals surface area contributed by atoms with E-state index in [0.29, 0.717) is 12.1 Å². The van der Waals surface area contributed by atoms with E-state index in [1.165, 1.54) is 16.4 Å². The number of aliphatic hydroxyl groups excluding tert-OH is 1. The summed E-state index contributed by atoms with van der Waals surface area (Å²) in [5.74, 6) is 5.31. The zero-order valence-electron chi connectivity index (χ0n) is 17.8. The van der Waals surface area contributed by atoms with Gasteiger partial charge in [-0.15, -0.1) is 0 Å². The molecule has 2 aromatic rings. The van der Waals surface area contributed by atoms with E-state index >= 15 is 0 Å². The first-order chi connectivity index (χ1) is 14.8. The van der Waals surface area contributed by atoms with E-state index < -0.39 is 21.9 Å².